The van der Waals surface area contributed by atoms with Crippen LogP contribution in [-0.2, 0) is 0 Å². The van der Waals surface area contributed by atoms with E-state index in [1.165, 1.54) is 25.0 Å². The molecule has 3 heteroatoms. The van der Waals surface area contributed by atoms with Crippen LogP contribution in [0.2, 0.25) is 0 Å². The van der Waals surface area contributed by atoms with Crippen LogP contribution in [0.3, 0.4) is 0 Å². The van der Waals surface area contributed by atoms with Gasteiger partial charge in [-0.15, -0.1) is 0 Å². The first-order valence-corrected chi connectivity index (χ1v) is 5.70. The monoisotopic (exact) mass is 213 g/mol. The number of benzene rings is 1. The van der Waals surface area contributed by atoms with Gasteiger partial charge in [-0.2, -0.15) is 10.4 Å². The van der Waals surface area contributed by atoms with E-state index < -0.39 is 0 Å². The molecular formula is C13H15N3. The zero-order valence-corrected chi connectivity index (χ0v) is 9.24. The van der Waals surface area contributed by atoms with Crippen molar-refractivity contribution in [3.8, 4) is 6.07 Å². The molecular weight excluding hydrogens is 198 g/mol. The van der Waals surface area contributed by atoms with Crippen molar-refractivity contribution in [1.82, 2.24) is 0 Å². The number of hydrogen-bond acceptors (Lipinski definition) is 3. The number of rotatable bonds is 2. The molecule has 0 atom stereocenters. The Kier molecular flexibility index (Phi) is 3.55. The molecule has 1 aromatic rings. The second-order valence-corrected chi connectivity index (χ2v) is 4.04. The Morgan fingerprint density at radius 3 is 2.38 bits per heavy atom. The second kappa shape index (κ2) is 5.32. The molecule has 0 spiro atoms. The molecule has 82 valence electrons. The SMILES string of the molecule is N#Cc1ccc(NN=C2CCCCC2)cc1. The van der Waals surface area contributed by atoms with E-state index in [4.69, 9.17) is 5.26 Å². The van der Waals surface area contributed by atoms with E-state index in [0.29, 0.717) is 5.56 Å². The van der Waals surface area contributed by atoms with Gasteiger partial charge in [0.2, 0.25) is 0 Å². The Morgan fingerprint density at radius 2 is 1.75 bits per heavy atom. The van der Waals surface area contributed by atoms with E-state index in [1.807, 2.05) is 12.1 Å². The molecule has 3 nitrogen and oxygen atoms in total. The van der Waals surface area contributed by atoms with Crippen molar-refractivity contribution in [2.75, 3.05) is 5.43 Å². The number of hydrazone groups is 1. The van der Waals surface area contributed by atoms with Crippen LogP contribution >= 0.6 is 0 Å². The highest BCUT2D eigenvalue weighted by molar-refractivity contribution is 5.85. The van der Waals surface area contributed by atoms with Crippen LogP contribution in [0.1, 0.15) is 37.7 Å². The van der Waals surface area contributed by atoms with Crippen molar-refractivity contribution in [2.24, 2.45) is 5.10 Å². The number of nitrogens with zero attached hydrogens (tertiary/aromatic N) is 2. The molecule has 0 heterocycles. The highest BCUT2D eigenvalue weighted by Crippen LogP contribution is 2.15. The van der Waals surface area contributed by atoms with Crippen LogP contribution < -0.4 is 5.43 Å². The zero-order chi connectivity index (χ0) is 11.2. The molecule has 1 fully saturated rings. The van der Waals surface area contributed by atoms with Gasteiger partial charge in [-0.25, -0.2) is 0 Å². The minimum Gasteiger partial charge on any atom is -0.279 e. The topological polar surface area (TPSA) is 48.2 Å². The minimum atomic E-state index is 0.677. The van der Waals surface area contributed by atoms with Gasteiger partial charge in [-0.3, -0.25) is 5.43 Å². The smallest absolute Gasteiger partial charge is 0.0991 e. The predicted molar refractivity (Wildman–Crippen MR) is 65.3 cm³/mol. The average molecular weight is 213 g/mol. The third kappa shape index (κ3) is 2.83. The molecule has 0 aromatic heterocycles. The highest BCUT2D eigenvalue weighted by atomic mass is 15.3. The summed E-state index contributed by atoms with van der Waals surface area (Å²) in [6.45, 7) is 0. The van der Waals surface area contributed by atoms with E-state index in [2.05, 4.69) is 16.6 Å². The molecule has 0 bridgehead atoms. The van der Waals surface area contributed by atoms with Gasteiger partial charge in [0.25, 0.3) is 0 Å². The van der Waals surface area contributed by atoms with Crippen LogP contribution in [0.15, 0.2) is 29.4 Å². The number of nitrogens with one attached hydrogen (secondary N) is 1. The van der Waals surface area contributed by atoms with Crippen LogP contribution in [0.4, 0.5) is 5.69 Å². The molecule has 1 aromatic carbocycles. The van der Waals surface area contributed by atoms with Crippen molar-refractivity contribution in [3.05, 3.63) is 29.8 Å². The van der Waals surface area contributed by atoms with Crippen molar-refractivity contribution < 1.29 is 0 Å². The fraction of sp³-hybridized carbons (Fsp3) is 0.385. The maximum Gasteiger partial charge on any atom is 0.0991 e. The predicted octanol–water partition coefficient (Wildman–Crippen LogP) is 3.29. The number of hydrogen-bond donors (Lipinski definition) is 1. The first-order valence-electron chi connectivity index (χ1n) is 5.70. The lowest BCUT2D eigenvalue weighted by molar-refractivity contribution is 0.665. The van der Waals surface area contributed by atoms with Crippen molar-refractivity contribution in [2.45, 2.75) is 32.1 Å². The Bertz CT molecular complexity index is 404. The molecule has 0 saturated heterocycles. The fourth-order valence-corrected chi connectivity index (χ4v) is 1.83. The highest BCUT2D eigenvalue weighted by Gasteiger charge is 2.06. The maximum absolute atomic E-state index is 8.66. The van der Waals surface area contributed by atoms with E-state index in [9.17, 15) is 0 Å². The summed E-state index contributed by atoms with van der Waals surface area (Å²) >= 11 is 0. The lowest BCUT2D eigenvalue weighted by Gasteiger charge is -2.12. The van der Waals surface area contributed by atoms with Gasteiger partial charge in [-0.1, -0.05) is 6.42 Å². The normalized spacial score (nSPS) is 15.3. The quantitative estimate of drug-likeness (QED) is 0.766. The Balaban J connectivity index is 1.96. The summed E-state index contributed by atoms with van der Waals surface area (Å²) < 4.78 is 0. The van der Waals surface area contributed by atoms with Gasteiger partial charge < -0.3 is 0 Å². The van der Waals surface area contributed by atoms with E-state index in [0.717, 1.165) is 18.5 Å². The molecule has 1 aliphatic rings. The molecule has 1 aliphatic carbocycles. The zero-order valence-electron chi connectivity index (χ0n) is 9.24. The number of anilines is 1. The Hall–Kier alpha value is -1.82. The lowest BCUT2D eigenvalue weighted by Crippen LogP contribution is -2.07. The van der Waals surface area contributed by atoms with Gasteiger partial charge in [0, 0.05) is 5.71 Å². The first kappa shape index (κ1) is 10.7. The summed E-state index contributed by atoms with van der Waals surface area (Å²) in [4.78, 5) is 0. The summed E-state index contributed by atoms with van der Waals surface area (Å²) in [5.41, 5.74) is 5.92. The molecule has 16 heavy (non-hydrogen) atoms. The van der Waals surface area contributed by atoms with E-state index in [1.54, 1.807) is 12.1 Å². The van der Waals surface area contributed by atoms with E-state index >= 15 is 0 Å². The van der Waals surface area contributed by atoms with Gasteiger partial charge >= 0.3 is 0 Å². The molecule has 1 saturated carbocycles. The summed E-state index contributed by atoms with van der Waals surface area (Å²) in [6.07, 6.45) is 6.07. The maximum atomic E-state index is 8.66. The lowest BCUT2D eigenvalue weighted by atomic mass is 9.99. The molecule has 2 rings (SSSR count). The van der Waals surface area contributed by atoms with Gasteiger partial charge in [0.1, 0.15) is 0 Å². The largest absolute Gasteiger partial charge is 0.279 e. The van der Waals surface area contributed by atoms with Crippen molar-refractivity contribution in [1.29, 1.82) is 5.26 Å². The molecule has 0 amide bonds. The molecule has 0 unspecified atom stereocenters. The third-order valence-electron chi connectivity index (χ3n) is 2.79. The van der Waals surface area contributed by atoms with Crippen LogP contribution in [0.25, 0.3) is 0 Å². The minimum absolute atomic E-state index is 0.677. The Morgan fingerprint density at radius 1 is 1.06 bits per heavy atom. The standard InChI is InChI=1S/C13H15N3/c14-10-11-6-8-13(9-7-11)16-15-12-4-2-1-3-5-12/h6-9,16H,1-5H2. The first-order chi connectivity index (χ1) is 7.88. The van der Waals surface area contributed by atoms with Crippen molar-refractivity contribution >= 4 is 11.4 Å². The van der Waals surface area contributed by atoms with Gasteiger partial charge in [0.05, 0.1) is 17.3 Å². The summed E-state index contributed by atoms with van der Waals surface area (Å²) in [5, 5.41) is 13.1. The molecule has 0 aliphatic heterocycles. The summed E-state index contributed by atoms with van der Waals surface area (Å²) in [5.74, 6) is 0. The Labute approximate surface area is 95.8 Å². The summed E-state index contributed by atoms with van der Waals surface area (Å²) in [7, 11) is 0. The van der Waals surface area contributed by atoms with Crippen LogP contribution in [0, 0.1) is 11.3 Å². The average Bonchev–Trinajstić information content (AvgIpc) is 2.38. The van der Waals surface area contributed by atoms with Crippen molar-refractivity contribution in [3.63, 3.8) is 0 Å². The second-order valence-electron chi connectivity index (χ2n) is 4.04. The van der Waals surface area contributed by atoms with E-state index in [-0.39, 0.29) is 0 Å². The molecule has 0 radical (unpaired) electrons. The van der Waals surface area contributed by atoms with Crippen LogP contribution in [-0.4, -0.2) is 5.71 Å². The fourth-order valence-electron chi connectivity index (χ4n) is 1.83. The van der Waals surface area contributed by atoms with Gasteiger partial charge in [0.15, 0.2) is 0 Å². The summed E-state index contributed by atoms with van der Waals surface area (Å²) in [6, 6.07) is 9.45. The number of nitriles is 1. The van der Waals surface area contributed by atoms with Crippen LogP contribution in [0.5, 0.6) is 0 Å². The third-order valence-corrected chi connectivity index (χ3v) is 2.79. The molecule has 1 N–H and O–H groups in total. The van der Waals surface area contributed by atoms with Gasteiger partial charge in [-0.05, 0) is 49.9 Å².